The number of amides is 1. The van der Waals surface area contributed by atoms with Gasteiger partial charge in [-0.05, 0) is 56.6 Å². The van der Waals surface area contributed by atoms with E-state index in [0.717, 1.165) is 31.0 Å². The maximum atomic E-state index is 14.6. The lowest BCUT2D eigenvalue weighted by molar-refractivity contribution is 0.203. The van der Waals surface area contributed by atoms with Gasteiger partial charge in [0.2, 0.25) is 5.95 Å². The second-order valence-corrected chi connectivity index (χ2v) is 8.40. The summed E-state index contributed by atoms with van der Waals surface area (Å²) in [5.41, 5.74) is 0.717. The van der Waals surface area contributed by atoms with E-state index in [1.54, 1.807) is 36.4 Å². The number of para-hydroxylation sites is 2. The number of piperidine rings is 1. The Balaban J connectivity index is 1.40. The van der Waals surface area contributed by atoms with E-state index in [4.69, 9.17) is 9.47 Å². The second-order valence-electron chi connectivity index (χ2n) is 8.40. The third-order valence-electron chi connectivity index (χ3n) is 5.90. The first-order valence-corrected chi connectivity index (χ1v) is 12.0. The van der Waals surface area contributed by atoms with E-state index >= 15 is 0 Å². The van der Waals surface area contributed by atoms with Gasteiger partial charge in [-0.2, -0.15) is 4.98 Å². The molecule has 0 aliphatic carbocycles. The van der Waals surface area contributed by atoms with E-state index in [1.807, 2.05) is 0 Å². The van der Waals surface area contributed by atoms with Crippen molar-refractivity contribution in [3.8, 4) is 11.5 Å². The molecule has 4 rings (SSSR count). The minimum atomic E-state index is -1.24. The van der Waals surface area contributed by atoms with Crippen LogP contribution >= 0.6 is 0 Å². The van der Waals surface area contributed by atoms with Crippen LogP contribution in [0.15, 0.2) is 54.7 Å². The summed E-state index contributed by atoms with van der Waals surface area (Å²) < 4.78 is 25.6. The molecule has 1 aromatic heterocycles. The van der Waals surface area contributed by atoms with Crippen LogP contribution in [0.5, 0.6) is 11.5 Å². The van der Waals surface area contributed by atoms with Crippen molar-refractivity contribution >= 4 is 29.2 Å². The van der Waals surface area contributed by atoms with E-state index in [2.05, 4.69) is 20.2 Å². The minimum Gasteiger partial charge on any atom is -0.495 e. The third-order valence-corrected chi connectivity index (χ3v) is 5.90. The van der Waals surface area contributed by atoms with E-state index in [0.29, 0.717) is 23.7 Å². The Hall–Kier alpha value is -3.92. The smallest absolute Gasteiger partial charge is 0.417 e. The summed E-state index contributed by atoms with van der Waals surface area (Å²) in [5, 5.41) is 12.8. The summed E-state index contributed by atoms with van der Waals surface area (Å²) in [4.78, 5) is 23.9. The maximum absolute atomic E-state index is 14.6. The fourth-order valence-electron chi connectivity index (χ4n) is 4.15. The Morgan fingerprint density at radius 2 is 1.94 bits per heavy atom. The van der Waals surface area contributed by atoms with Crippen molar-refractivity contribution in [2.75, 3.05) is 43.6 Å². The molecule has 1 fully saturated rings. The Morgan fingerprint density at radius 3 is 2.69 bits per heavy atom. The zero-order valence-corrected chi connectivity index (χ0v) is 20.2. The molecule has 1 amide bonds. The van der Waals surface area contributed by atoms with Gasteiger partial charge in [0.15, 0.2) is 11.6 Å². The van der Waals surface area contributed by atoms with Crippen LogP contribution in [0.3, 0.4) is 0 Å². The van der Waals surface area contributed by atoms with Gasteiger partial charge in [0, 0.05) is 30.6 Å². The Bertz CT molecular complexity index is 1170. The molecule has 1 aliphatic rings. The van der Waals surface area contributed by atoms with Crippen molar-refractivity contribution in [3.05, 3.63) is 60.5 Å². The molecule has 0 radical (unpaired) electrons. The van der Waals surface area contributed by atoms with Crippen LogP contribution in [0.25, 0.3) is 0 Å². The van der Waals surface area contributed by atoms with Crippen LogP contribution in [0, 0.1) is 5.82 Å². The zero-order chi connectivity index (χ0) is 25.3. The highest BCUT2D eigenvalue weighted by molar-refractivity contribution is 5.95. The molecule has 1 aliphatic heterocycles. The summed E-state index contributed by atoms with van der Waals surface area (Å²) in [6.07, 6.45) is 4.81. The Labute approximate surface area is 209 Å². The molecule has 9 nitrogen and oxygen atoms in total. The van der Waals surface area contributed by atoms with E-state index in [1.165, 1.54) is 44.7 Å². The molecular weight excluding hydrogens is 465 g/mol. The molecule has 36 heavy (non-hydrogen) atoms. The summed E-state index contributed by atoms with van der Waals surface area (Å²) >= 11 is 0. The zero-order valence-electron chi connectivity index (χ0n) is 20.2. The van der Waals surface area contributed by atoms with Crippen LogP contribution < -0.4 is 19.7 Å². The molecule has 2 N–H and O–H groups in total. The molecular formula is C26H30FN5O4. The predicted molar refractivity (Wildman–Crippen MR) is 135 cm³/mol. The van der Waals surface area contributed by atoms with Crippen molar-refractivity contribution in [1.82, 2.24) is 14.9 Å². The molecule has 2 heterocycles. The second kappa shape index (κ2) is 12.2. The lowest BCUT2D eigenvalue weighted by Gasteiger charge is -2.26. The number of benzene rings is 2. The lowest BCUT2D eigenvalue weighted by Crippen LogP contribution is -2.31. The fraction of sp³-hybridized carbons (Fsp3) is 0.346. The summed E-state index contributed by atoms with van der Waals surface area (Å²) in [5.74, 6) is 0.279. The van der Waals surface area contributed by atoms with Gasteiger partial charge < -0.3 is 24.8 Å². The van der Waals surface area contributed by atoms with Gasteiger partial charge in [0.25, 0.3) is 0 Å². The predicted octanol–water partition coefficient (Wildman–Crippen LogP) is 5.44. The Kier molecular flexibility index (Phi) is 8.51. The van der Waals surface area contributed by atoms with Crippen molar-refractivity contribution in [3.63, 3.8) is 0 Å². The van der Waals surface area contributed by atoms with Crippen LogP contribution in [0.4, 0.5) is 32.3 Å². The standard InChI is InChI=1S/C26H30FN5O4/c1-35-23-9-4-3-8-21(23)32(26(33)34)24-12-13-28-25(30-24)29-19-10-11-22(20(27)18-19)36-17-7-16-31-14-5-2-6-15-31/h3-4,8-13,18H,2,5-7,14-17H2,1H3,(H,33,34)(H,28,29,30). The van der Waals surface area contributed by atoms with Gasteiger partial charge >= 0.3 is 6.09 Å². The first-order chi connectivity index (χ1) is 17.5. The number of hydrogen-bond acceptors (Lipinski definition) is 7. The molecule has 0 saturated carbocycles. The first-order valence-electron chi connectivity index (χ1n) is 12.0. The summed E-state index contributed by atoms with van der Waals surface area (Å²) in [6, 6.07) is 12.7. The number of carboxylic acid groups (broad SMARTS) is 1. The highest BCUT2D eigenvalue weighted by atomic mass is 19.1. The summed E-state index contributed by atoms with van der Waals surface area (Å²) in [7, 11) is 1.46. The SMILES string of the molecule is COc1ccccc1N(C(=O)O)c1ccnc(Nc2ccc(OCCCN3CCCCC3)c(F)c2)n1. The lowest BCUT2D eigenvalue weighted by atomic mass is 10.1. The molecule has 0 bridgehead atoms. The number of likely N-dealkylation sites (tertiary alicyclic amines) is 1. The van der Waals surface area contributed by atoms with Crippen LogP contribution in [0.1, 0.15) is 25.7 Å². The molecule has 0 atom stereocenters. The average Bonchev–Trinajstić information content (AvgIpc) is 2.89. The van der Waals surface area contributed by atoms with E-state index in [-0.39, 0.29) is 17.5 Å². The largest absolute Gasteiger partial charge is 0.495 e. The maximum Gasteiger partial charge on any atom is 0.417 e. The molecule has 1 saturated heterocycles. The molecule has 2 aromatic carbocycles. The van der Waals surface area contributed by atoms with E-state index < -0.39 is 11.9 Å². The average molecular weight is 496 g/mol. The number of rotatable bonds is 10. The molecule has 0 unspecified atom stereocenters. The number of methoxy groups -OCH3 is 1. The van der Waals surface area contributed by atoms with Gasteiger partial charge in [-0.1, -0.05) is 18.6 Å². The van der Waals surface area contributed by atoms with Crippen LogP contribution in [0.2, 0.25) is 0 Å². The number of hydrogen-bond donors (Lipinski definition) is 2. The fourth-order valence-corrected chi connectivity index (χ4v) is 4.15. The van der Waals surface area contributed by atoms with Gasteiger partial charge in [0.1, 0.15) is 11.6 Å². The first kappa shape index (κ1) is 25.2. The van der Waals surface area contributed by atoms with E-state index in [9.17, 15) is 14.3 Å². The number of anilines is 4. The number of carbonyl (C=O) groups is 1. The van der Waals surface area contributed by atoms with Crippen molar-refractivity contribution in [2.24, 2.45) is 0 Å². The number of halogens is 1. The highest BCUT2D eigenvalue weighted by Gasteiger charge is 2.22. The van der Waals surface area contributed by atoms with Crippen molar-refractivity contribution in [1.29, 1.82) is 0 Å². The highest BCUT2D eigenvalue weighted by Crippen LogP contribution is 2.33. The molecule has 3 aromatic rings. The third kappa shape index (κ3) is 6.39. The summed E-state index contributed by atoms with van der Waals surface area (Å²) in [6.45, 7) is 3.65. The molecule has 10 heteroatoms. The van der Waals surface area contributed by atoms with Crippen LogP contribution in [-0.4, -0.2) is 59.4 Å². The van der Waals surface area contributed by atoms with Crippen molar-refractivity contribution in [2.45, 2.75) is 25.7 Å². The molecule has 0 spiro atoms. The quantitative estimate of drug-likeness (QED) is 0.359. The van der Waals surface area contributed by atoms with Crippen molar-refractivity contribution < 1.29 is 23.8 Å². The van der Waals surface area contributed by atoms with Gasteiger partial charge in [-0.3, -0.25) is 0 Å². The number of aromatic nitrogens is 2. The van der Waals surface area contributed by atoms with Gasteiger partial charge in [-0.15, -0.1) is 0 Å². The normalized spacial score (nSPS) is 13.7. The topological polar surface area (TPSA) is 100 Å². The molecule has 190 valence electrons. The number of nitrogens with one attached hydrogen (secondary N) is 1. The monoisotopic (exact) mass is 495 g/mol. The number of nitrogens with zero attached hydrogens (tertiary/aromatic N) is 4. The van der Waals surface area contributed by atoms with Gasteiger partial charge in [0.05, 0.1) is 19.4 Å². The Morgan fingerprint density at radius 1 is 1.14 bits per heavy atom. The minimum absolute atomic E-state index is 0.110. The number of ether oxygens (including phenoxy) is 2. The van der Waals surface area contributed by atoms with Gasteiger partial charge in [-0.25, -0.2) is 19.1 Å². The van der Waals surface area contributed by atoms with Crippen LogP contribution in [-0.2, 0) is 0 Å².